The van der Waals surface area contributed by atoms with Crippen LogP contribution in [-0.4, -0.2) is 30.7 Å². The van der Waals surface area contributed by atoms with Crippen LogP contribution in [0, 0.1) is 28.6 Å². The highest BCUT2D eigenvalue weighted by Crippen LogP contribution is 2.68. The maximum atomic E-state index is 12.8. The Hall–Kier alpha value is -1.91. The van der Waals surface area contributed by atoms with Crippen molar-refractivity contribution in [2.24, 2.45) is 28.6 Å². The summed E-state index contributed by atoms with van der Waals surface area (Å²) in [6.07, 6.45) is 9.03. The van der Waals surface area contributed by atoms with Gasteiger partial charge < -0.3 is 9.47 Å². The molecule has 2 saturated carbocycles. The van der Waals surface area contributed by atoms with Crippen LogP contribution in [0.3, 0.4) is 0 Å². The Morgan fingerprint density at radius 2 is 1.80 bits per heavy atom. The molecule has 0 bridgehead atoms. The van der Waals surface area contributed by atoms with E-state index in [1.807, 2.05) is 0 Å². The third-order valence-corrected chi connectivity index (χ3v) is 9.28. The van der Waals surface area contributed by atoms with Crippen LogP contribution in [0.2, 0.25) is 0 Å². The number of Topliss-reactive ketones (excluding diaryl/α,β-unsaturated/α-hetero) is 1. The summed E-state index contributed by atoms with van der Waals surface area (Å²) in [4.78, 5) is 36.9. The van der Waals surface area contributed by atoms with Crippen molar-refractivity contribution >= 4 is 18.0 Å². The maximum Gasteiger partial charge on any atom is 0.303 e. The van der Waals surface area contributed by atoms with Crippen LogP contribution in [0.15, 0.2) is 23.0 Å². The van der Waals surface area contributed by atoms with E-state index in [4.69, 9.17) is 9.47 Å². The first-order valence-corrected chi connectivity index (χ1v) is 11.3. The predicted octanol–water partition coefficient (Wildman–Crippen LogP) is 4.55. The van der Waals surface area contributed by atoms with Gasteiger partial charge in [-0.05, 0) is 85.8 Å². The van der Waals surface area contributed by atoms with E-state index in [1.165, 1.54) is 6.92 Å². The van der Waals surface area contributed by atoms with Crippen molar-refractivity contribution in [3.05, 3.63) is 23.0 Å². The van der Waals surface area contributed by atoms with Gasteiger partial charge in [0.25, 0.3) is 0 Å². The number of rotatable bonds is 4. The van der Waals surface area contributed by atoms with Gasteiger partial charge in [-0.25, -0.2) is 0 Å². The van der Waals surface area contributed by atoms with Crippen LogP contribution in [-0.2, 0) is 23.9 Å². The van der Waals surface area contributed by atoms with Gasteiger partial charge >= 0.3 is 5.97 Å². The summed E-state index contributed by atoms with van der Waals surface area (Å²) < 4.78 is 11.3. The van der Waals surface area contributed by atoms with Gasteiger partial charge in [0.2, 0.25) is 0 Å². The molecule has 0 radical (unpaired) electrons. The molecule has 30 heavy (non-hydrogen) atoms. The van der Waals surface area contributed by atoms with Crippen molar-refractivity contribution < 1.29 is 23.9 Å². The summed E-state index contributed by atoms with van der Waals surface area (Å²) >= 11 is 0. The molecular weight excluding hydrogens is 380 g/mol. The fraction of sp³-hybridized carbons (Fsp3) is 0.720. The van der Waals surface area contributed by atoms with Crippen molar-refractivity contribution in [3.8, 4) is 0 Å². The lowest BCUT2D eigenvalue weighted by Crippen LogP contribution is -2.58. The molecule has 0 saturated heterocycles. The van der Waals surface area contributed by atoms with Crippen molar-refractivity contribution in [1.82, 2.24) is 0 Å². The van der Waals surface area contributed by atoms with Gasteiger partial charge in [-0.3, -0.25) is 14.4 Å². The molecule has 0 spiro atoms. The molecule has 4 aliphatic rings. The van der Waals surface area contributed by atoms with E-state index in [-0.39, 0.29) is 28.5 Å². The smallest absolute Gasteiger partial charge is 0.303 e. The lowest BCUT2D eigenvalue weighted by atomic mass is 9.46. The Balaban J connectivity index is 1.78. The third kappa shape index (κ3) is 2.69. The molecule has 5 nitrogen and oxygen atoms in total. The summed E-state index contributed by atoms with van der Waals surface area (Å²) in [6.45, 7) is 7.43. The minimum Gasteiger partial charge on any atom is -0.501 e. The minimum atomic E-state index is -1.03. The van der Waals surface area contributed by atoms with Crippen molar-refractivity contribution in [2.45, 2.75) is 78.2 Å². The minimum absolute atomic E-state index is 0.0413. The Kier molecular flexibility index (Phi) is 5.02. The van der Waals surface area contributed by atoms with E-state index in [1.54, 1.807) is 14.0 Å². The molecule has 4 aliphatic carbocycles. The summed E-state index contributed by atoms with van der Waals surface area (Å²) in [7, 11) is 1.70. The number of ether oxygens (including phenoxy) is 2. The van der Waals surface area contributed by atoms with E-state index in [2.05, 4.69) is 19.9 Å². The normalized spacial score (nSPS) is 42.4. The number of hydrogen-bond donors (Lipinski definition) is 0. The van der Waals surface area contributed by atoms with Crippen LogP contribution in [0.5, 0.6) is 0 Å². The molecule has 0 aliphatic heterocycles. The number of methoxy groups -OCH3 is 1. The first-order chi connectivity index (χ1) is 14.1. The Bertz CT molecular complexity index is 854. The van der Waals surface area contributed by atoms with E-state index in [0.717, 1.165) is 61.7 Å². The SMILES string of the molecule is COC1=CC2=C(C=O)C[C@@H]3[C@H](CC[C@]4(C)[C@H]3CC[C@]4(OC(C)=O)C(C)=O)[C@@]2(C)CC1. The molecule has 2 fully saturated rings. The molecule has 0 amide bonds. The zero-order chi connectivity index (χ0) is 21.9. The number of ketones is 1. The van der Waals surface area contributed by atoms with Gasteiger partial charge in [-0.1, -0.05) is 13.8 Å². The third-order valence-electron chi connectivity index (χ3n) is 9.28. The molecule has 0 aromatic rings. The summed E-state index contributed by atoms with van der Waals surface area (Å²) in [5, 5.41) is 0. The topological polar surface area (TPSA) is 69.7 Å². The fourth-order valence-electron chi connectivity index (χ4n) is 7.82. The molecule has 6 atom stereocenters. The van der Waals surface area contributed by atoms with Gasteiger partial charge in [0.15, 0.2) is 11.4 Å². The first-order valence-electron chi connectivity index (χ1n) is 11.3. The molecule has 0 heterocycles. The van der Waals surface area contributed by atoms with Crippen molar-refractivity contribution in [1.29, 1.82) is 0 Å². The molecule has 0 unspecified atom stereocenters. The standard InChI is InChI=1S/C25H34O5/c1-15(27)25(30-16(2)28)11-8-21-19-12-17(14-26)22-13-18(29-5)6-9-23(22,3)20(19)7-10-24(21,25)4/h13-14,19-21H,6-12H2,1-5H3/t19-,20+,21+,23-,24-,25+/m1/s1. The van der Waals surface area contributed by atoms with Crippen molar-refractivity contribution in [3.63, 3.8) is 0 Å². The molecule has 164 valence electrons. The number of allylic oxidation sites excluding steroid dienone is 4. The predicted molar refractivity (Wildman–Crippen MR) is 112 cm³/mol. The second-order valence-corrected chi connectivity index (χ2v) is 10.3. The quantitative estimate of drug-likeness (QED) is 0.499. The zero-order valence-corrected chi connectivity index (χ0v) is 18.9. The Labute approximate surface area is 179 Å². The molecular formula is C25H34O5. The number of fused-ring (bicyclic) bond motifs is 5. The Morgan fingerprint density at radius 3 is 2.40 bits per heavy atom. The molecule has 5 heteroatoms. The van der Waals surface area contributed by atoms with Gasteiger partial charge in [0.1, 0.15) is 6.29 Å². The number of aldehydes is 1. The Morgan fingerprint density at radius 1 is 1.10 bits per heavy atom. The van der Waals surface area contributed by atoms with E-state index < -0.39 is 5.60 Å². The largest absolute Gasteiger partial charge is 0.501 e. The van der Waals surface area contributed by atoms with Crippen LogP contribution in [0.25, 0.3) is 0 Å². The van der Waals surface area contributed by atoms with Crippen LogP contribution in [0.1, 0.15) is 72.6 Å². The lowest BCUT2D eigenvalue weighted by Gasteiger charge is -2.58. The monoisotopic (exact) mass is 414 g/mol. The molecule has 0 aromatic heterocycles. The van der Waals surface area contributed by atoms with Gasteiger partial charge in [-0.2, -0.15) is 0 Å². The number of esters is 1. The van der Waals surface area contributed by atoms with Crippen molar-refractivity contribution in [2.75, 3.05) is 7.11 Å². The summed E-state index contributed by atoms with van der Waals surface area (Å²) in [5.41, 5.74) is 0.573. The second-order valence-electron chi connectivity index (χ2n) is 10.3. The highest BCUT2D eigenvalue weighted by atomic mass is 16.6. The van der Waals surface area contributed by atoms with Crippen LogP contribution in [0.4, 0.5) is 0 Å². The van der Waals surface area contributed by atoms with Crippen LogP contribution < -0.4 is 0 Å². The number of hydrogen-bond acceptors (Lipinski definition) is 5. The highest BCUT2D eigenvalue weighted by molar-refractivity contribution is 5.89. The maximum absolute atomic E-state index is 12.8. The second kappa shape index (κ2) is 7.06. The van der Waals surface area contributed by atoms with Gasteiger partial charge in [0.05, 0.1) is 12.9 Å². The zero-order valence-electron chi connectivity index (χ0n) is 18.9. The molecule has 4 rings (SSSR count). The first kappa shape index (κ1) is 21.3. The average molecular weight is 415 g/mol. The number of carbonyl (C=O) groups is 3. The number of carbonyl (C=O) groups excluding carboxylic acids is 3. The lowest BCUT2D eigenvalue weighted by molar-refractivity contribution is -0.186. The van der Waals surface area contributed by atoms with Crippen LogP contribution >= 0.6 is 0 Å². The molecule has 0 aromatic carbocycles. The van der Waals surface area contributed by atoms with Gasteiger partial charge in [-0.15, -0.1) is 0 Å². The van der Waals surface area contributed by atoms with E-state index in [9.17, 15) is 14.4 Å². The fourth-order valence-corrected chi connectivity index (χ4v) is 7.82. The van der Waals surface area contributed by atoms with Gasteiger partial charge in [0, 0.05) is 18.8 Å². The van der Waals surface area contributed by atoms with E-state index in [0.29, 0.717) is 18.3 Å². The molecule has 0 N–H and O–H groups in total. The summed E-state index contributed by atoms with van der Waals surface area (Å²) in [5.74, 6) is 1.58. The van der Waals surface area contributed by atoms with E-state index >= 15 is 0 Å². The average Bonchev–Trinajstić information content (AvgIpc) is 3.00. The highest BCUT2D eigenvalue weighted by Gasteiger charge is 2.67. The summed E-state index contributed by atoms with van der Waals surface area (Å²) in [6, 6.07) is 0.